The van der Waals surface area contributed by atoms with Gasteiger partial charge in [-0.3, -0.25) is 38.6 Å². The van der Waals surface area contributed by atoms with Gasteiger partial charge in [-0.05, 0) is 37.5 Å². The normalized spacial score (nSPS) is 15.5. The number of aliphatic carboxylic acids is 2. The summed E-state index contributed by atoms with van der Waals surface area (Å²) in [5.41, 5.74) is 16.4. The second kappa shape index (κ2) is 20.6. The maximum Gasteiger partial charge on any atom is 0.325 e. The Morgan fingerprint density at radius 1 is 0.681 bits per heavy atom. The highest BCUT2D eigenvalue weighted by molar-refractivity contribution is 5.97. The highest BCUT2D eigenvalue weighted by Crippen LogP contribution is 2.12. The van der Waals surface area contributed by atoms with E-state index in [9.17, 15) is 38.7 Å². The van der Waals surface area contributed by atoms with E-state index < -0.39 is 102 Å². The number of carboxylic acids is 2. The third kappa shape index (κ3) is 15.6. The zero-order valence-electron chi connectivity index (χ0n) is 28.2. The summed E-state index contributed by atoms with van der Waals surface area (Å²) in [6.45, 7) is 11.5. The molecule has 18 heteroatoms. The first-order chi connectivity index (χ1) is 21.7. The Morgan fingerprint density at radius 2 is 1.15 bits per heavy atom. The predicted octanol–water partition coefficient (Wildman–Crippen LogP) is -2.27. The average molecular weight is 672 g/mol. The molecule has 0 aromatic carbocycles. The van der Waals surface area contributed by atoms with Crippen molar-refractivity contribution in [2.75, 3.05) is 6.54 Å². The van der Waals surface area contributed by atoms with Gasteiger partial charge in [0, 0.05) is 6.54 Å². The van der Waals surface area contributed by atoms with Crippen molar-refractivity contribution in [1.29, 1.82) is 0 Å². The number of carbonyl (C=O) groups is 7. The van der Waals surface area contributed by atoms with Crippen molar-refractivity contribution in [3.8, 4) is 0 Å². The van der Waals surface area contributed by atoms with Gasteiger partial charge in [-0.2, -0.15) is 0 Å². The van der Waals surface area contributed by atoms with E-state index in [2.05, 4.69) is 31.6 Å². The van der Waals surface area contributed by atoms with Crippen LogP contribution in [-0.2, 0) is 33.6 Å². The van der Waals surface area contributed by atoms with Gasteiger partial charge in [0.15, 0.2) is 5.96 Å². The molecule has 0 saturated heterocycles. The van der Waals surface area contributed by atoms with Gasteiger partial charge >= 0.3 is 11.9 Å². The van der Waals surface area contributed by atoms with E-state index in [1.807, 2.05) is 0 Å². The molecular formula is C29H53N9O9. The molecule has 47 heavy (non-hydrogen) atoms. The van der Waals surface area contributed by atoms with E-state index in [1.165, 1.54) is 6.92 Å². The number of aliphatic imine (C=N–C) groups is 1. The number of amides is 5. The first-order valence-corrected chi connectivity index (χ1v) is 15.5. The third-order valence-electron chi connectivity index (χ3n) is 7.33. The monoisotopic (exact) mass is 671 g/mol. The molecule has 0 spiro atoms. The first-order valence-electron chi connectivity index (χ1n) is 15.5. The lowest BCUT2D eigenvalue weighted by Crippen LogP contribution is -2.61. The highest BCUT2D eigenvalue weighted by atomic mass is 16.4. The molecule has 0 saturated carbocycles. The summed E-state index contributed by atoms with van der Waals surface area (Å²) in [6, 6.07) is -7.43. The highest BCUT2D eigenvalue weighted by Gasteiger charge is 2.36. The lowest BCUT2D eigenvalue weighted by atomic mass is 9.95. The number of nitrogens with two attached hydrogens (primary N) is 3. The third-order valence-corrected chi connectivity index (χ3v) is 7.33. The van der Waals surface area contributed by atoms with Crippen molar-refractivity contribution in [2.45, 2.75) is 110 Å². The number of rotatable bonds is 21. The molecule has 0 heterocycles. The van der Waals surface area contributed by atoms with Gasteiger partial charge in [-0.15, -0.1) is 0 Å². The Kier molecular flexibility index (Phi) is 18.6. The zero-order chi connectivity index (χ0) is 36.6. The minimum Gasteiger partial charge on any atom is -0.481 e. The quantitative estimate of drug-likeness (QED) is 0.0351. The number of nitrogens with one attached hydrogen (secondary N) is 5. The summed E-state index contributed by atoms with van der Waals surface area (Å²) < 4.78 is 0. The summed E-state index contributed by atoms with van der Waals surface area (Å²) >= 11 is 0. The van der Waals surface area contributed by atoms with Gasteiger partial charge < -0.3 is 54.0 Å². The van der Waals surface area contributed by atoms with Crippen LogP contribution in [0.15, 0.2) is 4.99 Å². The van der Waals surface area contributed by atoms with Crippen LogP contribution in [0, 0.1) is 17.8 Å². The number of hydrogen-bond donors (Lipinski definition) is 10. The van der Waals surface area contributed by atoms with Gasteiger partial charge in [0.25, 0.3) is 0 Å². The van der Waals surface area contributed by atoms with E-state index >= 15 is 0 Å². The molecule has 0 aliphatic heterocycles. The van der Waals surface area contributed by atoms with Crippen LogP contribution < -0.4 is 43.8 Å². The van der Waals surface area contributed by atoms with Crippen LogP contribution in [0.4, 0.5) is 0 Å². The summed E-state index contributed by atoms with van der Waals surface area (Å²) in [5.74, 6) is -8.16. The van der Waals surface area contributed by atoms with Crippen LogP contribution in [-0.4, -0.2) is 100 Å². The lowest BCUT2D eigenvalue weighted by Gasteiger charge is -2.30. The van der Waals surface area contributed by atoms with Crippen molar-refractivity contribution in [3.05, 3.63) is 0 Å². The van der Waals surface area contributed by atoms with Crippen molar-refractivity contribution < 1.29 is 43.8 Å². The number of carboxylic acid groups (broad SMARTS) is 2. The van der Waals surface area contributed by atoms with Crippen LogP contribution in [0.5, 0.6) is 0 Å². The molecular weight excluding hydrogens is 618 g/mol. The molecule has 0 aliphatic rings. The van der Waals surface area contributed by atoms with E-state index in [0.29, 0.717) is 12.8 Å². The number of nitrogens with zero attached hydrogens (tertiary/aromatic N) is 1. The van der Waals surface area contributed by atoms with Gasteiger partial charge in [-0.1, -0.05) is 48.0 Å². The Bertz CT molecular complexity index is 1140. The maximum atomic E-state index is 13.5. The topological polar surface area (TPSA) is 311 Å². The molecule has 0 fully saturated rings. The smallest absolute Gasteiger partial charge is 0.325 e. The Balaban J connectivity index is 5.89. The van der Waals surface area contributed by atoms with Gasteiger partial charge in [0.1, 0.15) is 30.2 Å². The second-order valence-corrected chi connectivity index (χ2v) is 12.1. The van der Waals surface area contributed by atoms with Crippen molar-refractivity contribution in [1.82, 2.24) is 26.6 Å². The molecule has 0 aromatic heterocycles. The molecule has 0 bridgehead atoms. The van der Waals surface area contributed by atoms with Crippen LogP contribution in [0.3, 0.4) is 0 Å². The van der Waals surface area contributed by atoms with Gasteiger partial charge in [0.2, 0.25) is 29.5 Å². The number of carbonyl (C=O) groups excluding carboxylic acids is 5. The summed E-state index contributed by atoms with van der Waals surface area (Å²) in [6.07, 6.45) is 0.0693. The van der Waals surface area contributed by atoms with Crippen molar-refractivity contribution in [3.63, 3.8) is 0 Å². The van der Waals surface area contributed by atoms with Crippen LogP contribution in [0.25, 0.3) is 0 Å². The van der Waals surface area contributed by atoms with Crippen molar-refractivity contribution in [2.24, 2.45) is 39.9 Å². The molecule has 0 radical (unpaired) electrons. The zero-order valence-corrected chi connectivity index (χ0v) is 28.2. The molecule has 0 aliphatic carbocycles. The van der Waals surface area contributed by atoms with Crippen LogP contribution in [0.1, 0.15) is 74.1 Å². The van der Waals surface area contributed by atoms with Crippen molar-refractivity contribution >= 4 is 47.4 Å². The molecule has 13 N–H and O–H groups in total. The van der Waals surface area contributed by atoms with E-state index in [1.54, 1.807) is 41.5 Å². The fourth-order valence-electron chi connectivity index (χ4n) is 4.19. The maximum absolute atomic E-state index is 13.5. The second-order valence-electron chi connectivity index (χ2n) is 12.1. The first kappa shape index (κ1) is 42.5. The predicted molar refractivity (Wildman–Crippen MR) is 172 cm³/mol. The fourth-order valence-corrected chi connectivity index (χ4v) is 4.19. The van der Waals surface area contributed by atoms with E-state index in [4.69, 9.17) is 22.3 Å². The molecule has 7 atom stereocenters. The van der Waals surface area contributed by atoms with Gasteiger partial charge in [-0.25, -0.2) is 0 Å². The minimum atomic E-state index is -1.58. The standard InChI is InChI=1S/C29H53N9O9/c1-8-15(6)22(38-24(42)18(12-19(39)40)35-23(41)17(30)10-9-11-33-29(31)32)27(45)37-21(14(4)5)26(44)36-20(13(2)3)25(43)34-16(7)28(46)47/h13-18,20-22H,8-12,30H2,1-7H3,(H,34,43)(H,35,41)(H,36,44)(H,37,45)(H,38,42)(H,39,40)(H,46,47)(H4,31,32,33)/t15-,16-,17-,18-,20-,21-,22-/m0/s1. The number of guanidine groups is 1. The Hall–Kier alpha value is -4.48. The molecule has 0 unspecified atom stereocenters. The molecule has 0 rings (SSSR count). The lowest BCUT2D eigenvalue weighted by molar-refractivity contribution is -0.142. The molecule has 18 nitrogen and oxygen atoms in total. The SMILES string of the molecule is CC[C@H](C)[C@H](NC(=O)[C@H](CC(=O)O)NC(=O)[C@@H](N)CCCN=C(N)N)C(=O)N[C@H](C(=O)N[C@H](C(=O)N[C@@H](C)C(=O)O)C(C)C)C(C)C. The van der Waals surface area contributed by atoms with E-state index in [0.717, 1.165) is 0 Å². The largest absolute Gasteiger partial charge is 0.481 e. The van der Waals surface area contributed by atoms with Gasteiger partial charge in [0.05, 0.1) is 12.5 Å². The summed E-state index contributed by atoms with van der Waals surface area (Å²) in [5, 5.41) is 30.9. The minimum absolute atomic E-state index is 0.128. The Labute approximate surface area is 274 Å². The van der Waals surface area contributed by atoms with Crippen LogP contribution in [0.2, 0.25) is 0 Å². The average Bonchev–Trinajstić information content (AvgIpc) is 2.97. The van der Waals surface area contributed by atoms with E-state index in [-0.39, 0.29) is 18.9 Å². The fraction of sp³-hybridized carbons (Fsp3) is 0.724. The molecule has 268 valence electrons. The molecule has 5 amide bonds. The van der Waals surface area contributed by atoms with Crippen LogP contribution >= 0.6 is 0 Å². The Morgan fingerprint density at radius 3 is 1.57 bits per heavy atom. The molecule has 0 aromatic rings. The summed E-state index contributed by atoms with van der Waals surface area (Å²) in [4.78, 5) is 92.1. The number of hydrogen-bond acceptors (Lipinski definition) is 9. The summed E-state index contributed by atoms with van der Waals surface area (Å²) in [7, 11) is 0.